The Kier molecular flexibility index (Phi) is 5.34. The molecule has 0 aliphatic heterocycles. The Balaban J connectivity index is 2.17. The zero-order chi connectivity index (χ0) is 15.6. The van der Waals surface area contributed by atoms with Crippen molar-refractivity contribution in [2.75, 3.05) is 5.32 Å². The summed E-state index contributed by atoms with van der Waals surface area (Å²) in [5.41, 5.74) is 4.72. The van der Waals surface area contributed by atoms with E-state index in [0.29, 0.717) is 5.92 Å². The standard InChI is InChI=1S/C18H21BrClN/c1-11(2)14-5-7-15(8-6-14)13(4)21-18-10-17(20)12(3)9-16(18)19/h5-11,13,21H,1-4H3. The highest BCUT2D eigenvalue weighted by Gasteiger charge is 2.10. The maximum Gasteiger partial charge on any atom is 0.0504 e. The van der Waals surface area contributed by atoms with Gasteiger partial charge in [-0.05, 0) is 64.5 Å². The maximum absolute atomic E-state index is 6.21. The second-order valence-corrected chi connectivity index (χ2v) is 7.03. The van der Waals surface area contributed by atoms with Crippen molar-refractivity contribution in [2.24, 2.45) is 0 Å². The molecule has 2 aromatic carbocycles. The molecule has 1 atom stereocenters. The van der Waals surface area contributed by atoms with Crippen LogP contribution in [0.4, 0.5) is 5.69 Å². The summed E-state index contributed by atoms with van der Waals surface area (Å²) in [4.78, 5) is 0. The fraction of sp³-hybridized carbons (Fsp3) is 0.333. The Labute approximate surface area is 140 Å². The first-order valence-electron chi connectivity index (χ1n) is 7.20. The fourth-order valence-electron chi connectivity index (χ4n) is 2.24. The van der Waals surface area contributed by atoms with Crippen molar-refractivity contribution in [1.82, 2.24) is 0 Å². The zero-order valence-electron chi connectivity index (χ0n) is 12.9. The van der Waals surface area contributed by atoms with Gasteiger partial charge in [0.05, 0.1) is 5.69 Å². The van der Waals surface area contributed by atoms with Gasteiger partial charge in [-0.1, -0.05) is 49.7 Å². The largest absolute Gasteiger partial charge is 0.378 e. The third-order valence-electron chi connectivity index (χ3n) is 3.72. The van der Waals surface area contributed by atoms with Crippen LogP contribution in [0.3, 0.4) is 0 Å². The molecule has 21 heavy (non-hydrogen) atoms. The molecule has 0 heterocycles. The molecule has 0 amide bonds. The number of anilines is 1. The van der Waals surface area contributed by atoms with Gasteiger partial charge < -0.3 is 5.32 Å². The minimum absolute atomic E-state index is 0.223. The van der Waals surface area contributed by atoms with Crippen LogP contribution in [0.15, 0.2) is 40.9 Å². The minimum atomic E-state index is 0.223. The highest BCUT2D eigenvalue weighted by atomic mass is 79.9. The minimum Gasteiger partial charge on any atom is -0.378 e. The summed E-state index contributed by atoms with van der Waals surface area (Å²) in [5.74, 6) is 0.562. The van der Waals surface area contributed by atoms with Gasteiger partial charge in [-0.3, -0.25) is 0 Å². The second-order valence-electron chi connectivity index (χ2n) is 5.77. The van der Waals surface area contributed by atoms with E-state index in [-0.39, 0.29) is 6.04 Å². The highest BCUT2D eigenvalue weighted by molar-refractivity contribution is 9.10. The van der Waals surface area contributed by atoms with Crippen LogP contribution in [0.5, 0.6) is 0 Å². The van der Waals surface area contributed by atoms with E-state index < -0.39 is 0 Å². The van der Waals surface area contributed by atoms with E-state index in [4.69, 9.17) is 11.6 Å². The third-order valence-corrected chi connectivity index (χ3v) is 4.79. The highest BCUT2D eigenvalue weighted by Crippen LogP contribution is 2.32. The quantitative estimate of drug-likeness (QED) is 0.634. The summed E-state index contributed by atoms with van der Waals surface area (Å²) < 4.78 is 1.04. The molecule has 0 spiro atoms. The fourth-order valence-corrected chi connectivity index (χ4v) is 2.98. The maximum atomic E-state index is 6.21. The van der Waals surface area contributed by atoms with Crippen molar-refractivity contribution in [3.63, 3.8) is 0 Å². The molecular weight excluding hydrogens is 346 g/mol. The third kappa shape index (κ3) is 4.02. The molecule has 0 aromatic heterocycles. The van der Waals surface area contributed by atoms with Crippen LogP contribution in [0.25, 0.3) is 0 Å². The lowest BCUT2D eigenvalue weighted by molar-refractivity contribution is 0.851. The zero-order valence-corrected chi connectivity index (χ0v) is 15.2. The van der Waals surface area contributed by atoms with Crippen LogP contribution >= 0.6 is 27.5 Å². The van der Waals surface area contributed by atoms with Gasteiger partial charge in [-0.25, -0.2) is 0 Å². The smallest absolute Gasteiger partial charge is 0.0504 e. The van der Waals surface area contributed by atoms with Gasteiger partial charge in [0.25, 0.3) is 0 Å². The van der Waals surface area contributed by atoms with Crippen LogP contribution in [-0.2, 0) is 0 Å². The van der Waals surface area contributed by atoms with E-state index in [0.717, 1.165) is 20.7 Å². The van der Waals surface area contributed by atoms with Crippen LogP contribution in [0, 0.1) is 6.92 Å². The first kappa shape index (κ1) is 16.4. The topological polar surface area (TPSA) is 12.0 Å². The molecule has 0 saturated carbocycles. The molecular formula is C18H21BrClN. The van der Waals surface area contributed by atoms with E-state index in [2.05, 4.69) is 66.3 Å². The molecule has 1 nitrogen and oxygen atoms in total. The number of halogens is 2. The Bertz CT molecular complexity index is 620. The van der Waals surface area contributed by atoms with Crippen molar-refractivity contribution in [1.29, 1.82) is 0 Å². The molecule has 0 fully saturated rings. The van der Waals surface area contributed by atoms with Crippen molar-refractivity contribution in [3.8, 4) is 0 Å². The average molecular weight is 367 g/mol. The van der Waals surface area contributed by atoms with Gasteiger partial charge in [-0.2, -0.15) is 0 Å². The van der Waals surface area contributed by atoms with E-state index >= 15 is 0 Å². The molecule has 2 rings (SSSR count). The van der Waals surface area contributed by atoms with Crippen LogP contribution in [0.2, 0.25) is 5.02 Å². The Morgan fingerprint density at radius 3 is 2.14 bits per heavy atom. The average Bonchev–Trinajstić information content (AvgIpc) is 2.44. The van der Waals surface area contributed by atoms with Gasteiger partial charge in [-0.15, -0.1) is 0 Å². The first-order chi connectivity index (χ1) is 9.88. The summed E-state index contributed by atoms with van der Waals surface area (Å²) in [6, 6.07) is 13.0. The van der Waals surface area contributed by atoms with Crippen LogP contribution < -0.4 is 5.32 Å². The summed E-state index contributed by atoms with van der Waals surface area (Å²) in [5, 5.41) is 4.29. The number of hydrogen-bond donors (Lipinski definition) is 1. The number of rotatable bonds is 4. The monoisotopic (exact) mass is 365 g/mol. The van der Waals surface area contributed by atoms with Crippen molar-refractivity contribution < 1.29 is 0 Å². The molecule has 0 bridgehead atoms. The van der Waals surface area contributed by atoms with Crippen molar-refractivity contribution in [3.05, 3.63) is 62.6 Å². The first-order valence-corrected chi connectivity index (χ1v) is 8.37. The van der Waals surface area contributed by atoms with Gasteiger partial charge in [0.2, 0.25) is 0 Å². The predicted molar refractivity (Wildman–Crippen MR) is 96.5 cm³/mol. The molecule has 0 saturated heterocycles. The molecule has 2 aromatic rings. The molecule has 1 unspecified atom stereocenters. The Morgan fingerprint density at radius 2 is 1.57 bits per heavy atom. The molecule has 0 aliphatic rings. The SMILES string of the molecule is Cc1cc(Br)c(NC(C)c2ccc(C(C)C)cc2)cc1Cl. The lowest BCUT2D eigenvalue weighted by Crippen LogP contribution is -2.07. The Morgan fingerprint density at radius 1 is 1.00 bits per heavy atom. The summed E-state index contributed by atoms with van der Waals surface area (Å²) in [6.07, 6.45) is 0. The summed E-state index contributed by atoms with van der Waals surface area (Å²) in [7, 11) is 0. The number of benzene rings is 2. The van der Waals surface area contributed by atoms with Crippen LogP contribution in [-0.4, -0.2) is 0 Å². The van der Waals surface area contributed by atoms with E-state index in [1.54, 1.807) is 0 Å². The van der Waals surface area contributed by atoms with Crippen LogP contribution in [0.1, 0.15) is 49.4 Å². The normalized spacial score (nSPS) is 12.5. The van der Waals surface area contributed by atoms with E-state index in [1.807, 2.05) is 19.1 Å². The van der Waals surface area contributed by atoms with Gasteiger partial charge in [0.1, 0.15) is 0 Å². The van der Waals surface area contributed by atoms with Crippen molar-refractivity contribution in [2.45, 2.75) is 39.7 Å². The number of aryl methyl sites for hydroxylation is 1. The van der Waals surface area contributed by atoms with Crippen molar-refractivity contribution >= 4 is 33.2 Å². The van der Waals surface area contributed by atoms with E-state index in [9.17, 15) is 0 Å². The Hall–Kier alpha value is -0.990. The van der Waals surface area contributed by atoms with Gasteiger partial charge in [0, 0.05) is 15.5 Å². The van der Waals surface area contributed by atoms with E-state index in [1.165, 1.54) is 11.1 Å². The molecule has 112 valence electrons. The molecule has 0 aliphatic carbocycles. The van der Waals surface area contributed by atoms with Gasteiger partial charge >= 0.3 is 0 Å². The number of hydrogen-bond acceptors (Lipinski definition) is 1. The lowest BCUT2D eigenvalue weighted by atomic mass is 9.99. The number of nitrogens with one attached hydrogen (secondary N) is 1. The second kappa shape index (κ2) is 6.85. The predicted octanol–water partition coefficient (Wildman–Crippen LogP) is 6.71. The summed E-state index contributed by atoms with van der Waals surface area (Å²) >= 11 is 9.80. The summed E-state index contributed by atoms with van der Waals surface area (Å²) in [6.45, 7) is 8.58. The molecule has 0 radical (unpaired) electrons. The molecule has 1 N–H and O–H groups in total. The van der Waals surface area contributed by atoms with Gasteiger partial charge in [0.15, 0.2) is 0 Å². The molecule has 3 heteroatoms. The lowest BCUT2D eigenvalue weighted by Gasteiger charge is -2.18.